The number of benzene rings is 1. The van der Waals surface area contributed by atoms with E-state index in [4.69, 9.17) is 5.73 Å². The van der Waals surface area contributed by atoms with Gasteiger partial charge in [0.25, 0.3) is 0 Å². The van der Waals surface area contributed by atoms with Crippen LogP contribution in [-0.2, 0) is 0 Å². The number of alkyl halides is 3. The molecule has 0 heterocycles. The fraction of sp³-hybridized carbons (Fsp3) is 0.500. The van der Waals surface area contributed by atoms with E-state index in [0.717, 1.165) is 5.56 Å². The largest absolute Gasteiger partial charge is 0.573 e. The molecule has 2 unspecified atom stereocenters. The summed E-state index contributed by atoms with van der Waals surface area (Å²) in [6.45, 7) is 4.00. The lowest BCUT2D eigenvalue weighted by Gasteiger charge is -2.10. The summed E-state index contributed by atoms with van der Waals surface area (Å²) >= 11 is 0. The molecule has 0 saturated heterocycles. The lowest BCUT2D eigenvalue weighted by molar-refractivity contribution is -0.274. The van der Waals surface area contributed by atoms with Gasteiger partial charge in [0.2, 0.25) is 0 Å². The number of ether oxygens (including phenoxy) is 1. The van der Waals surface area contributed by atoms with Crippen molar-refractivity contribution in [3.05, 3.63) is 29.8 Å². The Bertz CT molecular complexity index is 428. The number of rotatable bonds is 2. The maximum Gasteiger partial charge on any atom is 0.573 e. The van der Waals surface area contributed by atoms with E-state index in [1.54, 1.807) is 12.1 Å². The van der Waals surface area contributed by atoms with Crippen LogP contribution in [0.5, 0.6) is 5.75 Å². The summed E-state index contributed by atoms with van der Waals surface area (Å²) in [7, 11) is 0. The van der Waals surface area contributed by atoms with Gasteiger partial charge < -0.3 is 10.5 Å². The summed E-state index contributed by atoms with van der Waals surface area (Å²) in [4.78, 5) is 0. The van der Waals surface area contributed by atoms with Gasteiger partial charge in [-0.15, -0.1) is 13.2 Å². The maximum atomic E-state index is 12.1. The molecule has 17 heavy (non-hydrogen) atoms. The number of halogens is 3. The highest BCUT2D eigenvalue weighted by Gasteiger charge is 2.56. The Hall–Kier alpha value is -1.23. The molecule has 2 nitrogen and oxygen atoms in total. The molecule has 1 aromatic carbocycles. The van der Waals surface area contributed by atoms with Crippen molar-refractivity contribution >= 4 is 0 Å². The zero-order chi connectivity index (χ0) is 12.8. The van der Waals surface area contributed by atoms with Crippen LogP contribution in [0.4, 0.5) is 13.2 Å². The van der Waals surface area contributed by atoms with E-state index in [0.29, 0.717) is 0 Å². The molecule has 1 aromatic rings. The summed E-state index contributed by atoms with van der Waals surface area (Å²) < 4.78 is 40.1. The molecule has 0 bridgehead atoms. The standard InChI is InChI=1S/C12H14F3NO/c1-11(2)9(10(11)16)7-4-3-5-8(6-7)17-12(13,14)15/h3-6,9-10H,16H2,1-2H3. The highest BCUT2D eigenvalue weighted by molar-refractivity contribution is 5.38. The molecule has 94 valence electrons. The summed E-state index contributed by atoms with van der Waals surface area (Å²) in [5, 5.41) is 0. The molecule has 5 heteroatoms. The maximum absolute atomic E-state index is 12.1. The van der Waals surface area contributed by atoms with Crippen LogP contribution in [0.2, 0.25) is 0 Å². The molecule has 0 radical (unpaired) electrons. The van der Waals surface area contributed by atoms with Crippen LogP contribution in [0.15, 0.2) is 24.3 Å². The van der Waals surface area contributed by atoms with Crippen LogP contribution in [0, 0.1) is 5.41 Å². The van der Waals surface area contributed by atoms with Crippen LogP contribution >= 0.6 is 0 Å². The van der Waals surface area contributed by atoms with Crippen molar-refractivity contribution in [2.75, 3.05) is 0 Å². The molecule has 1 aliphatic carbocycles. The average molecular weight is 245 g/mol. The smallest absolute Gasteiger partial charge is 0.406 e. The van der Waals surface area contributed by atoms with Gasteiger partial charge in [-0.3, -0.25) is 0 Å². The molecule has 2 rings (SSSR count). The number of nitrogens with two attached hydrogens (primary N) is 1. The number of hydrogen-bond acceptors (Lipinski definition) is 2. The van der Waals surface area contributed by atoms with Crippen LogP contribution in [0.3, 0.4) is 0 Å². The lowest BCUT2D eigenvalue weighted by Crippen LogP contribution is -2.17. The fourth-order valence-electron chi connectivity index (χ4n) is 2.22. The fourth-order valence-corrected chi connectivity index (χ4v) is 2.22. The van der Waals surface area contributed by atoms with Crippen LogP contribution in [-0.4, -0.2) is 12.4 Å². The predicted molar refractivity (Wildman–Crippen MR) is 57.6 cm³/mol. The zero-order valence-electron chi connectivity index (χ0n) is 9.58. The normalized spacial score (nSPS) is 26.7. The second-order valence-corrected chi connectivity index (χ2v) is 4.95. The van der Waals surface area contributed by atoms with Crippen molar-refractivity contribution in [3.8, 4) is 5.75 Å². The van der Waals surface area contributed by atoms with E-state index in [1.807, 2.05) is 13.8 Å². The molecule has 2 atom stereocenters. The van der Waals surface area contributed by atoms with Crippen LogP contribution < -0.4 is 10.5 Å². The van der Waals surface area contributed by atoms with Gasteiger partial charge >= 0.3 is 6.36 Å². The molecule has 1 fully saturated rings. The Labute approximate surface area is 97.6 Å². The van der Waals surface area contributed by atoms with Crippen molar-refractivity contribution in [1.29, 1.82) is 0 Å². The molecular formula is C12H14F3NO. The van der Waals surface area contributed by atoms with Crippen molar-refractivity contribution < 1.29 is 17.9 Å². The van der Waals surface area contributed by atoms with Gasteiger partial charge in [-0.2, -0.15) is 0 Å². The molecule has 0 aliphatic heterocycles. The van der Waals surface area contributed by atoms with Crippen LogP contribution in [0.25, 0.3) is 0 Å². The van der Waals surface area contributed by atoms with E-state index >= 15 is 0 Å². The van der Waals surface area contributed by atoms with E-state index in [-0.39, 0.29) is 23.1 Å². The third-order valence-electron chi connectivity index (χ3n) is 3.36. The molecule has 0 spiro atoms. The Morgan fingerprint density at radius 1 is 1.29 bits per heavy atom. The minimum Gasteiger partial charge on any atom is -0.406 e. The molecule has 1 saturated carbocycles. The number of hydrogen-bond donors (Lipinski definition) is 1. The van der Waals surface area contributed by atoms with E-state index in [2.05, 4.69) is 4.74 Å². The highest BCUT2D eigenvalue weighted by Crippen LogP contribution is 2.57. The second-order valence-electron chi connectivity index (χ2n) is 4.95. The first kappa shape index (κ1) is 12.2. The van der Waals surface area contributed by atoms with Crippen molar-refractivity contribution in [1.82, 2.24) is 0 Å². The van der Waals surface area contributed by atoms with Gasteiger partial charge in [0.15, 0.2) is 0 Å². The first-order valence-corrected chi connectivity index (χ1v) is 5.33. The topological polar surface area (TPSA) is 35.2 Å². The van der Waals surface area contributed by atoms with Crippen molar-refractivity contribution in [2.24, 2.45) is 11.1 Å². The third kappa shape index (κ3) is 2.39. The summed E-state index contributed by atoms with van der Waals surface area (Å²) in [5.41, 5.74) is 6.63. The summed E-state index contributed by atoms with van der Waals surface area (Å²) in [6.07, 6.45) is -4.65. The SMILES string of the molecule is CC1(C)C(N)C1c1cccc(OC(F)(F)F)c1. The molecule has 2 N–H and O–H groups in total. The quantitative estimate of drug-likeness (QED) is 0.869. The molecule has 1 aliphatic rings. The van der Waals surface area contributed by atoms with E-state index in [1.165, 1.54) is 12.1 Å². The van der Waals surface area contributed by atoms with Gasteiger partial charge in [0, 0.05) is 12.0 Å². The van der Waals surface area contributed by atoms with E-state index in [9.17, 15) is 13.2 Å². The van der Waals surface area contributed by atoms with Crippen LogP contribution in [0.1, 0.15) is 25.3 Å². The Morgan fingerprint density at radius 2 is 1.88 bits per heavy atom. The Morgan fingerprint density at radius 3 is 2.35 bits per heavy atom. The van der Waals surface area contributed by atoms with E-state index < -0.39 is 6.36 Å². The van der Waals surface area contributed by atoms with Gasteiger partial charge in [0.1, 0.15) is 5.75 Å². The summed E-state index contributed by atoms with van der Waals surface area (Å²) in [6, 6.07) is 6.02. The average Bonchev–Trinajstić information content (AvgIpc) is 2.63. The first-order valence-electron chi connectivity index (χ1n) is 5.33. The third-order valence-corrected chi connectivity index (χ3v) is 3.36. The minimum atomic E-state index is -4.65. The van der Waals surface area contributed by atoms with Gasteiger partial charge in [0.05, 0.1) is 0 Å². The zero-order valence-corrected chi connectivity index (χ0v) is 9.58. The van der Waals surface area contributed by atoms with Gasteiger partial charge in [-0.25, -0.2) is 0 Å². The lowest BCUT2D eigenvalue weighted by atomic mass is 10.0. The van der Waals surface area contributed by atoms with Crippen molar-refractivity contribution in [2.45, 2.75) is 32.2 Å². The highest BCUT2D eigenvalue weighted by atomic mass is 19.4. The summed E-state index contributed by atoms with van der Waals surface area (Å²) in [5.74, 6) is -0.0933. The monoisotopic (exact) mass is 245 g/mol. The van der Waals surface area contributed by atoms with Gasteiger partial charge in [-0.1, -0.05) is 26.0 Å². The molecule has 0 amide bonds. The predicted octanol–water partition coefficient (Wildman–Crippen LogP) is 3.04. The Balaban J connectivity index is 2.19. The first-order chi connectivity index (χ1) is 7.72. The Kier molecular flexibility index (Phi) is 2.61. The molecule has 0 aromatic heterocycles. The molecular weight excluding hydrogens is 231 g/mol. The second kappa shape index (κ2) is 3.63. The van der Waals surface area contributed by atoms with Crippen molar-refractivity contribution in [3.63, 3.8) is 0 Å². The van der Waals surface area contributed by atoms with Gasteiger partial charge in [-0.05, 0) is 23.1 Å². The minimum absolute atomic E-state index is 0.0105.